The molecule has 6 nitrogen and oxygen atoms in total. The zero-order valence-corrected chi connectivity index (χ0v) is 14.4. The number of rotatable bonds is 4. The second-order valence-electron chi connectivity index (χ2n) is 6.09. The molecule has 25 heavy (non-hydrogen) atoms. The van der Waals surface area contributed by atoms with Gasteiger partial charge >= 0.3 is 6.03 Å². The van der Waals surface area contributed by atoms with Crippen molar-refractivity contribution in [3.63, 3.8) is 0 Å². The van der Waals surface area contributed by atoms with Gasteiger partial charge in [-0.2, -0.15) is 0 Å². The molecule has 2 aromatic carbocycles. The van der Waals surface area contributed by atoms with E-state index >= 15 is 0 Å². The summed E-state index contributed by atoms with van der Waals surface area (Å²) >= 11 is 0. The van der Waals surface area contributed by atoms with Gasteiger partial charge in [0.1, 0.15) is 12.4 Å². The lowest BCUT2D eigenvalue weighted by Gasteiger charge is -2.29. The van der Waals surface area contributed by atoms with E-state index in [-0.39, 0.29) is 17.8 Å². The van der Waals surface area contributed by atoms with Gasteiger partial charge in [-0.3, -0.25) is 0 Å². The lowest BCUT2D eigenvalue weighted by atomic mass is 10.0. The highest BCUT2D eigenvalue weighted by Gasteiger charge is 2.25. The second-order valence-corrected chi connectivity index (χ2v) is 6.09. The van der Waals surface area contributed by atoms with Crippen molar-refractivity contribution in [2.75, 3.05) is 20.8 Å². The number of phenolic OH excluding ortho intramolecular Hbond substituents is 1. The Morgan fingerprint density at radius 2 is 2.12 bits per heavy atom. The number of urea groups is 1. The molecule has 1 atom stereocenters. The van der Waals surface area contributed by atoms with E-state index in [0.717, 1.165) is 11.3 Å². The number of nitrogens with zero attached hydrogens (tertiary/aromatic N) is 1. The van der Waals surface area contributed by atoms with Crippen molar-refractivity contribution in [1.29, 1.82) is 0 Å². The molecule has 1 aliphatic rings. The maximum atomic E-state index is 12.4. The van der Waals surface area contributed by atoms with Crippen molar-refractivity contribution in [2.45, 2.75) is 19.0 Å². The standard InChI is InChI=1S/C19H22N2O4/c1-21(11-14-6-3-4-8-16(14)22)19(23)20-15-10-13-7-5-9-17(24-2)18(13)25-12-15/h3-9,15,22H,10-12H2,1-2H3,(H,20,23)/t15-/m0/s1. The number of carbonyl (C=O) groups is 1. The third-order valence-electron chi connectivity index (χ3n) is 4.25. The van der Waals surface area contributed by atoms with Crippen LogP contribution in [0, 0.1) is 0 Å². The number of amides is 2. The molecule has 2 N–H and O–H groups in total. The van der Waals surface area contributed by atoms with E-state index in [0.29, 0.717) is 30.9 Å². The van der Waals surface area contributed by atoms with Gasteiger partial charge < -0.3 is 24.8 Å². The first-order chi connectivity index (χ1) is 12.1. The molecule has 2 amide bonds. The Morgan fingerprint density at radius 1 is 1.32 bits per heavy atom. The summed E-state index contributed by atoms with van der Waals surface area (Å²) in [5.41, 5.74) is 1.72. The lowest BCUT2D eigenvalue weighted by molar-refractivity contribution is 0.185. The predicted octanol–water partition coefficient (Wildman–Crippen LogP) is 2.55. The molecular weight excluding hydrogens is 320 g/mol. The monoisotopic (exact) mass is 342 g/mol. The molecule has 0 saturated carbocycles. The number of hydrogen-bond donors (Lipinski definition) is 2. The van der Waals surface area contributed by atoms with E-state index in [2.05, 4.69) is 5.32 Å². The molecule has 1 aliphatic heterocycles. The maximum Gasteiger partial charge on any atom is 0.317 e. The Hall–Kier alpha value is -2.89. The van der Waals surface area contributed by atoms with E-state index in [4.69, 9.17) is 9.47 Å². The minimum atomic E-state index is -0.205. The first-order valence-corrected chi connectivity index (χ1v) is 8.15. The summed E-state index contributed by atoms with van der Waals surface area (Å²) in [5, 5.41) is 12.8. The topological polar surface area (TPSA) is 71.0 Å². The number of methoxy groups -OCH3 is 1. The molecule has 3 rings (SSSR count). The van der Waals surface area contributed by atoms with Crippen molar-refractivity contribution in [3.8, 4) is 17.2 Å². The summed E-state index contributed by atoms with van der Waals surface area (Å²) in [6, 6.07) is 12.4. The van der Waals surface area contributed by atoms with Crippen molar-refractivity contribution in [3.05, 3.63) is 53.6 Å². The number of para-hydroxylation sites is 2. The smallest absolute Gasteiger partial charge is 0.317 e. The van der Waals surface area contributed by atoms with Gasteiger partial charge in [0.25, 0.3) is 0 Å². The van der Waals surface area contributed by atoms with Crippen molar-refractivity contribution < 1.29 is 19.4 Å². The van der Waals surface area contributed by atoms with E-state index in [9.17, 15) is 9.90 Å². The third kappa shape index (κ3) is 3.79. The molecule has 2 aromatic rings. The van der Waals surface area contributed by atoms with Crippen LogP contribution in [0.2, 0.25) is 0 Å². The zero-order chi connectivity index (χ0) is 17.8. The number of nitrogens with one attached hydrogen (secondary N) is 1. The fourth-order valence-corrected chi connectivity index (χ4v) is 2.90. The molecule has 0 spiro atoms. The van der Waals surface area contributed by atoms with Crippen molar-refractivity contribution in [2.24, 2.45) is 0 Å². The second kappa shape index (κ2) is 7.34. The third-order valence-corrected chi connectivity index (χ3v) is 4.25. The molecule has 0 unspecified atom stereocenters. The van der Waals surface area contributed by atoms with Gasteiger partial charge in [0, 0.05) is 18.2 Å². The van der Waals surface area contributed by atoms with Crippen LogP contribution in [0.4, 0.5) is 4.79 Å². The summed E-state index contributed by atoms with van der Waals surface area (Å²) in [7, 11) is 3.31. The largest absolute Gasteiger partial charge is 0.508 e. The Kier molecular flexibility index (Phi) is 4.97. The molecular formula is C19H22N2O4. The number of fused-ring (bicyclic) bond motifs is 1. The number of hydrogen-bond acceptors (Lipinski definition) is 4. The van der Waals surface area contributed by atoms with E-state index in [1.807, 2.05) is 24.3 Å². The van der Waals surface area contributed by atoms with Crippen LogP contribution in [-0.2, 0) is 13.0 Å². The van der Waals surface area contributed by atoms with Crippen LogP contribution < -0.4 is 14.8 Å². The minimum Gasteiger partial charge on any atom is -0.508 e. The van der Waals surface area contributed by atoms with Gasteiger partial charge in [0.15, 0.2) is 11.5 Å². The van der Waals surface area contributed by atoms with Crippen LogP contribution in [0.1, 0.15) is 11.1 Å². The first kappa shape index (κ1) is 17.0. The minimum absolute atomic E-state index is 0.112. The fraction of sp³-hybridized carbons (Fsp3) is 0.316. The van der Waals surface area contributed by atoms with Gasteiger partial charge in [-0.1, -0.05) is 30.3 Å². The molecule has 132 valence electrons. The van der Waals surface area contributed by atoms with Crippen LogP contribution in [0.15, 0.2) is 42.5 Å². The molecule has 0 saturated heterocycles. The Bertz CT molecular complexity index is 763. The summed E-state index contributed by atoms with van der Waals surface area (Å²) in [6.07, 6.45) is 0.683. The Morgan fingerprint density at radius 3 is 2.88 bits per heavy atom. The van der Waals surface area contributed by atoms with Crippen molar-refractivity contribution >= 4 is 6.03 Å². The first-order valence-electron chi connectivity index (χ1n) is 8.15. The summed E-state index contributed by atoms with van der Waals surface area (Å²) < 4.78 is 11.1. The van der Waals surface area contributed by atoms with Gasteiger partial charge in [-0.15, -0.1) is 0 Å². The highest BCUT2D eigenvalue weighted by Crippen LogP contribution is 2.34. The van der Waals surface area contributed by atoms with E-state index in [1.54, 1.807) is 32.4 Å². The van der Waals surface area contributed by atoms with Crippen LogP contribution in [-0.4, -0.2) is 42.8 Å². The predicted molar refractivity (Wildman–Crippen MR) is 94.1 cm³/mol. The number of aromatic hydroxyl groups is 1. The fourth-order valence-electron chi connectivity index (χ4n) is 2.90. The molecule has 0 bridgehead atoms. The van der Waals surface area contributed by atoms with Crippen LogP contribution >= 0.6 is 0 Å². The van der Waals surface area contributed by atoms with E-state index in [1.165, 1.54) is 4.90 Å². The lowest BCUT2D eigenvalue weighted by Crippen LogP contribution is -2.47. The van der Waals surface area contributed by atoms with Crippen LogP contribution in [0.3, 0.4) is 0 Å². The highest BCUT2D eigenvalue weighted by molar-refractivity contribution is 5.74. The molecule has 0 fully saturated rings. The molecule has 0 aliphatic carbocycles. The molecule has 0 aromatic heterocycles. The molecule has 6 heteroatoms. The maximum absolute atomic E-state index is 12.4. The zero-order valence-electron chi connectivity index (χ0n) is 14.4. The highest BCUT2D eigenvalue weighted by atomic mass is 16.5. The van der Waals surface area contributed by atoms with Gasteiger partial charge in [0.05, 0.1) is 19.7 Å². The quantitative estimate of drug-likeness (QED) is 0.896. The van der Waals surface area contributed by atoms with Gasteiger partial charge in [-0.25, -0.2) is 4.79 Å². The average Bonchev–Trinajstić information content (AvgIpc) is 2.62. The Balaban J connectivity index is 1.61. The number of benzene rings is 2. The number of carbonyl (C=O) groups excluding carboxylic acids is 1. The van der Waals surface area contributed by atoms with Crippen LogP contribution in [0.25, 0.3) is 0 Å². The molecule has 1 heterocycles. The van der Waals surface area contributed by atoms with Gasteiger partial charge in [0.2, 0.25) is 0 Å². The normalized spacial score (nSPS) is 15.7. The summed E-state index contributed by atoms with van der Waals surface area (Å²) in [6.45, 7) is 0.722. The summed E-state index contributed by atoms with van der Waals surface area (Å²) in [5.74, 6) is 1.64. The van der Waals surface area contributed by atoms with E-state index < -0.39 is 0 Å². The average molecular weight is 342 g/mol. The molecule has 0 radical (unpaired) electrons. The Labute approximate surface area is 147 Å². The number of ether oxygens (including phenoxy) is 2. The summed E-state index contributed by atoms with van der Waals surface area (Å²) in [4.78, 5) is 14.0. The van der Waals surface area contributed by atoms with Gasteiger partial charge in [-0.05, 0) is 18.6 Å². The van der Waals surface area contributed by atoms with Crippen molar-refractivity contribution in [1.82, 2.24) is 10.2 Å². The number of phenols is 1. The van der Waals surface area contributed by atoms with Crippen LogP contribution in [0.5, 0.6) is 17.2 Å². The SMILES string of the molecule is COc1cccc2c1OC[C@@H](NC(=O)N(C)Cc1ccccc1O)C2.